The van der Waals surface area contributed by atoms with Crippen LogP contribution in [0, 0.1) is 5.92 Å². The van der Waals surface area contributed by atoms with E-state index in [4.69, 9.17) is 14.3 Å². The molecule has 0 fully saturated rings. The number of furan rings is 1. The number of aliphatic hydroxyl groups excluding tert-OH is 1. The highest BCUT2D eigenvalue weighted by Crippen LogP contribution is 2.24. The quantitative estimate of drug-likeness (QED) is 0.841. The lowest BCUT2D eigenvalue weighted by Crippen LogP contribution is -2.33. The normalized spacial score (nSPS) is 14.5. The first kappa shape index (κ1) is 13.9. The molecule has 0 spiro atoms. The summed E-state index contributed by atoms with van der Waals surface area (Å²) >= 11 is 0. The predicted octanol–water partition coefficient (Wildman–Crippen LogP) is 2.55. The largest absolute Gasteiger partial charge is 0.497 e. The molecule has 2 aromatic rings. The molecule has 1 aromatic heterocycles. The Bertz CT molecular complexity index is 535. The molecule has 4 heteroatoms. The summed E-state index contributed by atoms with van der Waals surface area (Å²) in [4.78, 5) is 0. The molecule has 19 heavy (non-hydrogen) atoms. The van der Waals surface area contributed by atoms with E-state index in [0.717, 1.165) is 22.5 Å². The van der Waals surface area contributed by atoms with Crippen LogP contribution in [-0.4, -0.2) is 24.9 Å². The third-order valence-corrected chi connectivity index (χ3v) is 3.51. The molecule has 0 aliphatic carbocycles. The molecule has 1 heterocycles. The van der Waals surface area contributed by atoms with Crippen LogP contribution in [0.3, 0.4) is 0 Å². The minimum atomic E-state index is 0.186. The monoisotopic (exact) mass is 263 g/mol. The van der Waals surface area contributed by atoms with Crippen molar-refractivity contribution in [1.29, 1.82) is 0 Å². The van der Waals surface area contributed by atoms with Crippen LogP contribution in [0.4, 0.5) is 0 Å². The van der Waals surface area contributed by atoms with Crippen molar-refractivity contribution < 1.29 is 14.3 Å². The van der Waals surface area contributed by atoms with Crippen molar-refractivity contribution >= 4 is 11.0 Å². The van der Waals surface area contributed by atoms with Gasteiger partial charge in [0.25, 0.3) is 0 Å². The zero-order valence-electron chi connectivity index (χ0n) is 11.6. The number of methoxy groups -OCH3 is 1. The lowest BCUT2D eigenvalue weighted by atomic mass is 10.1. The number of hydrogen-bond donors (Lipinski definition) is 2. The molecule has 0 aliphatic heterocycles. The van der Waals surface area contributed by atoms with Gasteiger partial charge in [-0.25, -0.2) is 0 Å². The fraction of sp³-hybridized carbons (Fsp3) is 0.467. The molecule has 104 valence electrons. The van der Waals surface area contributed by atoms with E-state index in [0.29, 0.717) is 6.54 Å². The number of fused-ring (bicyclic) bond motifs is 1. The summed E-state index contributed by atoms with van der Waals surface area (Å²) in [5, 5.41) is 13.5. The summed E-state index contributed by atoms with van der Waals surface area (Å²) in [5.74, 6) is 1.94. The van der Waals surface area contributed by atoms with E-state index in [-0.39, 0.29) is 18.6 Å². The second-order valence-electron chi connectivity index (χ2n) is 4.95. The highest BCUT2D eigenvalue weighted by Gasteiger charge is 2.11. The van der Waals surface area contributed by atoms with Gasteiger partial charge in [-0.15, -0.1) is 0 Å². The number of hydrogen-bond acceptors (Lipinski definition) is 4. The van der Waals surface area contributed by atoms with Gasteiger partial charge in [-0.3, -0.25) is 0 Å². The van der Waals surface area contributed by atoms with E-state index in [2.05, 4.69) is 12.2 Å². The van der Waals surface area contributed by atoms with Crippen LogP contribution < -0.4 is 10.1 Å². The van der Waals surface area contributed by atoms with Gasteiger partial charge in [-0.05, 0) is 37.1 Å². The van der Waals surface area contributed by atoms with E-state index >= 15 is 0 Å². The van der Waals surface area contributed by atoms with Gasteiger partial charge in [0.2, 0.25) is 0 Å². The van der Waals surface area contributed by atoms with Crippen molar-refractivity contribution in [2.45, 2.75) is 26.4 Å². The molecule has 2 unspecified atom stereocenters. The standard InChI is InChI=1S/C15H21NO3/c1-10(9-17)11(2)16-8-14-7-12-6-13(18-3)4-5-15(12)19-14/h4-7,10-11,16-17H,8-9H2,1-3H3. The van der Waals surface area contributed by atoms with Gasteiger partial charge in [0.1, 0.15) is 17.1 Å². The number of aliphatic hydroxyl groups is 1. The van der Waals surface area contributed by atoms with Crippen molar-refractivity contribution in [3.63, 3.8) is 0 Å². The topological polar surface area (TPSA) is 54.6 Å². The van der Waals surface area contributed by atoms with Crippen molar-refractivity contribution in [1.82, 2.24) is 5.32 Å². The van der Waals surface area contributed by atoms with E-state index in [9.17, 15) is 0 Å². The maximum Gasteiger partial charge on any atom is 0.134 e. The summed E-state index contributed by atoms with van der Waals surface area (Å²) in [7, 11) is 1.65. The van der Waals surface area contributed by atoms with Crippen molar-refractivity contribution in [3.05, 3.63) is 30.0 Å². The molecule has 2 rings (SSSR count). The maximum atomic E-state index is 9.10. The molecule has 0 saturated heterocycles. The van der Waals surface area contributed by atoms with Crippen LogP contribution >= 0.6 is 0 Å². The Labute approximate surface area is 113 Å². The molecular weight excluding hydrogens is 242 g/mol. The molecule has 0 aliphatic rings. The highest BCUT2D eigenvalue weighted by atomic mass is 16.5. The van der Waals surface area contributed by atoms with Crippen LogP contribution in [0.2, 0.25) is 0 Å². The molecule has 0 saturated carbocycles. The Kier molecular flexibility index (Phi) is 4.45. The van der Waals surface area contributed by atoms with Crippen LogP contribution in [0.5, 0.6) is 5.75 Å². The lowest BCUT2D eigenvalue weighted by Gasteiger charge is -2.18. The van der Waals surface area contributed by atoms with Gasteiger partial charge in [0.05, 0.1) is 13.7 Å². The zero-order chi connectivity index (χ0) is 13.8. The molecular formula is C15H21NO3. The van der Waals surface area contributed by atoms with Gasteiger partial charge in [0, 0.05) is 18.0 Å². The Balaban J connectivity index is 2.05. The van der Waals surface area contributed by atoms with Gasteiger partial charge in [0.15, 0.2) is 0 Å². The van der Waals surface area contributed by atoms with Gasteiger partial charge >= 0.3 is 0 Å². The molecule has 0 bridgehead atoms. The third kappa shape index (κ3) is 3.28. The average molecular weight is 263 g/mol. The van der Waals surface area contributed by atoms with E-state index in [1.807, 2.05) is 31.2 Å². The average Bonchev–Trinajstić information content (AvgIpc) is 2.85. The fourth-order valence-corrected chi connectivity index (χ4v) is 1.91. The van der Waals surface area contributed by atoms with Crippen LogP contribution in [-0.2, 0) is 6.54 Å². The highest BCUT2D eigenvalue weighted by molar-refractivity contribution is 5.79. The van der Waals surface area contributed by atoms with E-state index in [1.54, 1.807) is 7.11 Å². The number of benzene rings is 1. The molecule has 0 amide bonds. The second kappa shape index (κ2) is 6.08. The SMILES string of the molecule is COc1ccc2oc(CNC(C)C(C)CO)cc2c1. The van der Waals surface area contributed by atoms with Gasteiger partial charge in [-0.2, -0.15) is 0 Å². The number of ether oxygens (including phenoxy) is 1. The zero-order valence-corrected chi connectivity index (χ0v) is 11.6. The number of nitrogens with one attached hydrogen (secondary N) is 1. The first-order chi connectivity index (χ1) is 9.13. The summed E-state index contributed by atoms with van der Waals surface area (Å²) in [6.45, 7) is 4.92. The summed E-state index contributed by atoms with van der Waals surface area (Å²) in [6.07, 6.45) is 0. The van der Waals surface area contributed by atoms with Crippen molar-refractivity contribution in [2.75, 3.05) is 13.7 Å². The lowest BCUT2D eigenvalue weighted by molar-refractivity contribution is 0.205. The van der Waals surface area contributed by atoms with Crippen molar-refractivity contribution in [3.8, 4) is 5.75 Å². The Hall–Kier alpha value is -1.52. The fourth-order valence-electron chi connectivity index (χ4n) is 1.91. The maximum absolute atomic E-state index is 9.10. The minimum absolute atomic E-state index is 0.186. The van der Waals surface area contributed by atoms with Crippen molar-refractivity contribution in [2.24, 2.45) is 5.92 Å². The van der Waals surface area contributed by atoms with Crippen LogP contribution in [0.25, 0.3) is 11.0 Å². The first-order valence-electron chi connectivity index (χ1n) is 6.54. The van der Waals surface area contributed by atoms with Gasteiger partial charge in [-0.1, -0.05) is 6.92 Å². The smallest absolute Gasteiger partial charge is 0.134 e. The Morgan fingerprint density at radius 2 is 2.11 bits per heavy atom. The molecule has 4 nitrogen and oxygen atoms in total. The predicted molar refractivity (Wildman–Crippen MR) is 75.3 cm³/mol. The van der Waals surface area contributed by atoms with Gasteiger partial charge < -0.3 is 19.6 Å². The van der Waals surface area contributed by atoms with Crippen LogP contribution in [0.15, 0.2) is 28.7 Å². The summed E-state index contributed by atoms with van der Waals surface area (Å²) < 4.78 is 10.9. The molecule has 2 N–H and O–H groups in total. The molecule has 0 radical (unpaired) electrons. The van der Waals surface area contributed by atoms with E-state index < -0.39 is 0 Å². The third-order valence-electron chi connectivity index (χ3n) is 3.51. The molecule has 1 aromatic carbocycles. The Morgan fingerprint density at radius 1 is 1.32 bits per heavy atom. The second-order valence-corrected chi connectivity index (χ2v) is 4.95. The first-order valence-corrected chi connectivity index (χ1v) is 6.54. The number of rotatable bonds is 6. The molecule has 2 atom stereocenters. The summed E-state index contributed by atoms with van der Waals surface area (Å²) in [5.41, 5.74) is 0.862. The summed E-state index contributed by atoms with van der Waals surface area (Å²) in [6, 6.07) is 8.02. The Morgan fingerprint density at radius 3 is 2.79 bits per heavy atom. The minimum Gasteiger partial charge on any atom is -0.497 e. The van der Waals surface area contributed by atoms with Crippen LogP contribution in [0.1, 0.15) is 19.6 Å². The van der Waals surface area contributed by atoms with E-state index in [1.165, 1.54) is 0 Å².